The molecular formula is C12H20N4O2. The van der Waals surface area contributed by atoms with Crippen LogP contribution in [0.25, 0.3) is 0 Å². The van der Waals surface area contributed by atoms with Gasteiger partial charge in [-0.2, -0.15) is 0 Å². The van der Waals surface area contributed by atoms with Crippen LogP contribution in [0, 0.1) is 0 Å². The number of piperidine rings is 1. The van der Waals surface area contributed by atoms with Gasteiger partial charge in [0.1, 0.15) is 0 Å². The molecule has 2 amide bonds. The van der Waals surface area contributed by atoms with Gasteiger partial charge in [-0.1, -0.05) is 0 Å². The summed E-state index contributed by atoms with van der Waals surface area (Å²) >= 11 is 0. The summed E-state index contributed by atoms with van der Waals surface area (Å²) in [6, 6.07) is -0.113. The van der Waals surface area contributed by atoms with Gasteiger partial charge in [-0.15, -0.1) is 0 Å². The zero-order valence-electron chi connectivity index (χ0n) is 10.7. The molecule has 2 rings (SSSR count). The van der Waals surface area contributed by atoms with E-state index in [0.29, 0.717) is 13.1 Å². The molecule has 2 heterocycles. The van der Waals surface area contributed by atoms with E-state index < -0.39 is 0 Å². The van der Waals surface area contributed by atoms with Crippen LogP contribution in [-0.2, 0) is 13.1 Å². The van der Waals surface area contributed by atoms with Gasteiger partial charge in [0, 0.05) is 25.8 Å². The minimum atomic E-state index is -0.384. The number of likely N-dealkylation sites (tertiary alicyclic amines) is 1. The summed E-state index contributed by atoms with van der Waals surface area (Å²) in [5.41, 5.74) is 0.989. The molecule has 0 aliphatic carbocycles. The molecule has 6 heteroatoms. The molecule has 0 saturated carbocycles. The van der Waals surface area contributed by atoms with Crippen LogP contribution in [0.2, 0.25) is 0 Å². The first-order valence-corrected chi connectivity index (χ1v) is 6.40. The molecule has 1 aliphatic rings. The number of nitrogens with zero attached hydrogens (tertiary/aromatic N) is 3. The lowest BCUT2D eigenvalue weighted by Gasteiger charge is -2.30. The summed E-state index contributed by atoms with van der Waals surface area (Å²) in [6.07, 6.45) is 4.78. The van der Waals surface area contributed by atoms with Crippen LogP contribution in [0.3, 0.4) is 0 Å². The minimum Gasteiger partial charge on any atom is -0.391 e. The number of aromatic nitrogens is 2. The van der Waals surface area contributed by atoms with E-state index >= 15 is 0 Å². The van der Waals surface area contributed by atoms with Gasteiger partial charge in [-0.3, -0.25) is 0 Å². The topological polar surface area (TPSA) is 70.4 Å². The molecule has 1 atom stereocenters. The van der Waals surface area contributed by atoms with E-state index in [9.17, 15) is 9.90 Å². The van der Waals surface area contributed by atoms with Crippen LogP contribution in [0.15, 0.2) is 12.5 Å². The van der Waals surface area contributed by atoms with Gasteiger partial charge in [0.25, 0.3) is 0 Å². The normalized spacial score (nSPS) is 19.9. The number of hydrogen-bond acceptors (Lipinski definition) is 3. The third kappa shape index (κ3) is 3.01. The second-order valence-electron chi connectivity index (χ2n) is 4.57. The highest BCUT2D eigenvalue weighted by Gasteiger charge is 2.21. The Bertz CT molecular complexity index is 405. The second kappa shape index (κ2) is 5.86. The molecule has 0 radical (unpaired) electrons. The van der Waals surface area contributed by atoms with Crippen LogP contribution in [0.1, 0.15) is 25.5 Å². The molecule has 2 N–H and O–H groups in total. The maximum Gasteiger partial charge on any atom is 0.317 e. The van der Waals surface area contributed by atoms with Crippen molar-refractivity contribution in [2.75, 3.05) is 13.1 Å². The number of imidazole rings is 1. The molecule has 100 valence electrons. The Morgan fingerprint density at radius 1 is 1.67 bits per heavy atom. The van der Waals surface area contributed by atoms with Crippen molar-refractivity contribution in [3.8, 4) is 0 Å². The molecular weight excluding hydrogens is 232 g/mol. The van der Waals surface area contributed by atoms with E-state index in [1.807, 2.05) is 11.5 Å². The average molecular weight is 252 g/mol. The fraction of sp³-hybridized carbons (Fsp3) is 0.667. The largest absolute Gasteiger partial charge is 0.391 e. The zero-order valence-corrected chi connectivity index (χ0v) is 10.7. The number of carbonyl (C=O) groups excluding carboxylic acids is 1. The van der Waals surface area contributed by atoms with E-state index in [2.05, 4.69) is 10.3 Å². The number of aryl methyl sites for hydroxylation is 1. The van der Waals surface area contributed by atoms with Gasteiger partial charge in [0.2, 0.25) is 0 Å². The van der Waals surface area contributed by atoms with E-state index in [1.165, 1.54) is 0 Å². The highest BCUT2D eigenvalue weighted by Crippen LogP contribution is 2.09. The highest BCUT2D eigenvalue weighted by atomic mass is 16.3. The minimum absolute atomic E-state index is 0.113. The highest BCUT2D eigenvalue weighted by molar-refractivity contribution is 5.74. The van der Waals surface area contributed by atoms with E-state index in [-0.39, 0.29) is 12.1 Å². The summed E-state index contributed by atoms with van der Waals surface area (Å²) in [4.78, 5) is 17.6. The first-order chi connectivity index (χ1) is 8.70. The molecule has 1 aromatic heterocycles. The Morgan fingerprint density at radius 3 is 3.22 bits per heavy atom. The average Bonchev–Trinajstić information content (AvgIpc) is 2.83. The van der Waals surface area contributed by atoms with Gasteiger partial charge in [0.15, 0.2) is 0 Å². The summed E-state index contributed by atoms with van der Waals surface area (Å²) in [7, 11) is 0. The van der Waals surface area contributed by atoms with Gasteiger partial charge in [-0.25, -0.2) is 9.78 Å². The monoisotopic (exact) mass is 252 g/mol. The van der Waals surface area contributed by atoms with Gasteiger partial charge in [-0.05, 0) is 19.8 Å². The number of carbonyl (C=O) groups is 1. The smallest absolute Gasteiger partial charge is 0.317 e. The third-order valence-corrected chi connectivity index (χ3v) is 3.24. The van der Waals surface area contributed by atoms with Crippen molar-refractivity contribution in [1.82, 2.24) is 19.8 Å². The van der Waals surface area contributed by atoms with E-state index in [1.54, 1.807) is 17.4 Å². The molecule has 0 spiro atoms. The van der Waals surface area contributed by atoms with Crippen LogP contribution in [-0.4, -0.2) is 44.8 Å². The predicted octanol–water partition coefficient (Wildman–Crippen LogP) is 0.569. The lowest BCUT2D eigenvalue weighted by molar-refractivity contribution is 0.0841. The number of hydrogen-bond donors (Lipinski definition) is 2. The number of amides is 2. The SMILES string of the molecule is CCn1cncc1CNC(=O)N1CCC[C@H](O)C1. The van der Waals surface area contributed by atoms with Gasteiger partial charge in [0.05, 0.1) is 24.7 Å². The molecule has 0 unspecified atom stereocenters. The number of aliphatic hydroxyl groups excluding tert-OH is 1. The number of urea groups is 1. The van der Waals surface area contributed by atoms with Gasteiger partial charge < -0.3 is 19.9 Å². The molecule has 0 bridgehead atoms. The van der Waals surface area contributed by atoms with Crippen molar-refractivity contribution in [2.24, 2.45) is 0 Å². The number of rotatable bonds is 3. The van der Waals surface area contributed by atoms with Crippen molar-refractivity contribution < 1.29 is 9.90 Å². The van der Waals surface area contributed by atoms with E-state index in [4.69, 9.17) is 0 Å². The first-order valence-electron chi connectivity index (χ1n) is 6.40. The Balaban J connectivity index is 1.84. The Labute approximate surface area is 107 Å². The number of β-amino-alcohol motifs (C(OH)–C–C–N with tert-alkyl or cyclic N) is 1. The van der Waals surface area contributed by atoms with Crippen molar-refractivity contribution in [2.45, 2.75) is 39.0 Å². The van der Waals surface area contributed by atoms with Crippen LogP contribution < -0.4 is 5.32 Å². The summed E-state index contributed by atoms with van der Waals surface area (Å²) in [5, 5.41) is 12.4. The Morgan fingerprint density at radius 2 is 2.50 bits per heavy atom. The quantitative estimate of drug-likeness (QED) is 0.826. The van der Waals surface area contributed by atoms with Crippen LogP contribution in [0.5, 0.6) is 0 Å². The molecule has 1 fully saturated rings. The molecule has 1 saturated heterocycles. The number of aliphatic hydroxyl groups is 1. The zero-order chi connectivity index (χ0) is 13.0. The van der Waals surface area contributed by atoms with Gasteiger partial charge >= 0.3 is 6.03 Å². The fourth-order valence-electron chi connectivity index (χ4n) is 2.20. The first kappa shape index (κ1) is 12.9. The summed E-state index contributed by atoms with van der Waals surface area (Å²) < 4.78 is 1.99. The third-order valence-electron chi connectivity index (χ3n) is 3.24. The second-order valence-corrected chi connectivity index (χ2v) is 4.57. The van der Waals surface area contributed by atoms with Crippen molar-refractivity contribution in [3.63, 3.8) is 0 Å². The van der Waals surface area contributed by atoms with Crippen LogP contribution in [0.4, 0.5) is 4.79 Å². The lowest BCUT2D eigenvalue weighted by Crippen LogP contribution is -2.47. The standard InChI is InChI=1S/C12H20N4O2/c1-2-15-9-13-6-10(15)7-14-12(18)16-5-3-4-11(17)8-16/h6,9,11,17H,2-5,7-8H2,1H3,(H,14,18)/t11-/m0/s1. The predicted molar refractivity (Wildman–Crippen MR) is 67.0 cm³/mol. The van der Waals surface area contributed by atoms with Crippen molar-refractivity contribution >= 4 is 6.03 Å². The fourth-order valence-corrected chi connectivity index (χ4v) is 2.20. The summed E-state index contributed by atoms with van der Waals surface area (Å²) in [5.74, 6) is 0. The number of nitrogens with one attached hydrogen (secondary N) is 1. The Kier molecular flexibility index (Phi) is 4.19. The maximum absolute atomic E-state index is 11.9. The maximum atomic E-state index is 11.9. The summed E-state index contributed by atoms with van der Waals surface area (Å²) in [6.45, 7) is 4.50. The Hall–Kier alpha value is -1.56. The van der Waals surface area contributed by atoms with Crippen LogP contribution >= 0.6 is 0 Å². The van der Waals surface area contributed by atoms with Crippen molar-refractivity contribution in [3.05, 3.63) is 18.2 Å². The molecule has 1 aromatic rings. The molecule has 18 heavy (non-hydrogen) atoms. The molecule has 0 aromatic carbocycles. The van der Waals surface area contributed by atoms with E-state index in [0.717, 1.165) is 31.6 Å². The molecule has 6 nitrogen and oxygen atoms in total. The van der Waals surface area contributed by atoms with Crippen molar-refractivity contribution in [1.29, 1.82) is 0 Å². The molecule has 1 aliphatic heterocycles. The lowest BCUT2D eigenvalue weighted by atomic mass is 10.1.